The SMILES string of the molecule is CC(=O)N[C@@](F)(Cc1ccccc1)C(=O)N1CCC[C@@](C)(c2cc(N(C)C)nc(C)n2)C1. The predicted molar refractivity (Wildman–Crippen MR) is 122 cm³/mol. The number of aromatic nitrogens is 2. The summed E-state index contributed by atoms with van der Waals surface area (Å²) in [5, 5.41) is 2.27. The summed E-state index contributed by atoms with van der Waals surface area (Å²) in [7, 11) is 3.83. The molecule has 2 aromatic rings. The molecule has 1 aliphatic rings. The van der Waals surface area contributed by atoms with E-state index in [9.17, 15) is 9.59 Å². The number of alkyl halides is 1. The Kier molecular flexibility index (Phi) is 6.81. The fourth-order valence-corrected chi connectivity index (χ4v) is 4.29. The van der Waals surface area contributed by atoms with Gasteiger partial charge < -0.3 is 15.1 Å². The first-order valence-electron chi connectivity index (χ1n) is 10.9. The van der Waals surface area contributed by atoms with Gasteiger partial charge in [0.2, 0.25) is 5.91 Å². The third-order valence-electron chi connectivity index (χ3n) is 5.89. The molecule has 8 heteroatoms. The van der Waals surface area contributed by atoms with Gasteiger partial charge in [-0.25, -0.2) is 14.4 Å². The zero-order valence-corrected chi connectivity index (χ0v) is 19.5. The van der Waals surface area contributed by atoms with Gasteiger partial charge in [-0.1, -0.05) is 37.3 Å². The van der Waals surface area contributed by atoms with Crippen molar-refractivity contribution in [3.63, 3.8) is 0 Å². The van der Waals surface area contributed by atoms with E-state index in [4.69, 9.17) is 0 Å². The Bertz CT molecular complexity index is 984. The minimum absolute atomic E-state index is 0.225. The second-order valence-corrected chi connectivity index (χ2v) is 9.09. The van der Waals surface area contributed by atoms with Crippen LogP contribution in [0.4, 0.5) is 10.2 Å². The zero-order valence-electron chi connectivity index (χ0n) is 19.5. The molecule has 1 aromatic carbocycles. The first kappa shape index (κ1) is 23.6. The molecule has 1 aromatic heterocycles. The highest BCUT2D eigenvalue weighted by Gasteiger charge is 2.46. The molecule has 2 amide bonds. The minimum atomic E-state index is -2.51. The van der Waals surface area contributed by atoms with E-state index in [1.807, 2.05) is 45.0 Å². The van der Waals surface area contributed by atoms with Crippen molar-refractivity contribution in [3.05, 3.63) is 53.5 Å². The molecule has 0 unspecified atom stereocenters. The fraction of sp³-hybridized carbons (Fsp3) is 0.500. The molecule has 0 saturated carbocycles. The van der Waals surface area contributed by atoms with Gasteiger partial charge in [-0.2, -0.15) is 0 Å². The minimum Gasteiger partial charge on any atom is -0.363 e. The van der Waals surface area contributed by atoms with Crippen LogP contribution in [0.25, 0.3) is 0 Å². The quantitative estimate of drug-likeness (QED) is 0.698. The normalized spacial score (nSPS) is 20.4. The van der Waals surface area contributed by atoms with Gasteiger partial charge in [-0.15, -0.1) is 0 Å². The van der Waals surface area contributed by atoms with E-state index < -0.39 is 23.0 Å². The van der Waals surface area contributed by atoms with Crippen LogP contribution in [0.15, 0.2) is 36.4 Å². The summed E-state index contributed by atoms with van der Waals surface area (Å²) in [6, 6.07) is 10.8. The Morgan fingerprint density at radius 2 is 1.94 bits per heavy atom. The molecule has 172 valence electrons. The summed E-state index contributed by atoms with van der Waals surface area (Å²) in [5.41, 5.74) is 1.02. The Labute approximate surface area is 189 Å². The van der Waals surface area contributed by atoms with Gasteiger partial charge in [0.25, 0.3) is 11.7 Å². The number of benzene rings is 1. The number of amides is 2. The van der Waals surface area contributed by atoms with Crippen LogP contribution in [0.1, 0.15) is 43.8 Å². The Morgan fingerprint density at radius 3 is 2.56 bits per heavy atom. The molecule has 7 nitrogen and oxygen atoms in total. The van der Waals surface area contributed by atoms with Crippen LogP contribution < -0.4 is 10.2 Å². The highest BCUT2D eigenvalue weighted by molar-refractivity contribution is 5.90. The Balaban J connectivity index is 1.89. The van der Waals surface area contributed by atoms with Crippen LogP contribution in [0, 0.1) is 6.92 Å². The van der Waals surface area contributed by atoms with E-state index in [1.54, 1.807) is 24.3 Å². The number of hydrogen-bond donors (Lipinski definition) is 1. The molecule has 1 N–H and O–H groups in total. The van der Waals surface area contributed by atoms with Crippen LogP contribution >= 0.6 is 0 Å². The van der Waals surface area contributed by atoms with Crippen molar-refractivity contribution >= 4 is 17.6 Å². The largest absolute Gasteiger partial charge is 0.363 e. The van der Waals surface area contributed by atoms with E-state index in [2.05, 4.69) is 15.3 Å². The maximum atomic E-state index is 16.0. The van der Waals surface area contributed by atoms with E-state index in [0.29, 0.717) is 30.9 Å². The van der Waals surface area contributed by atoms with Gasteiger partial charge in [0.05, 0.1) is 5.69 Å². The molecule has 0 aliphatic carbocycles. The van der Waals surface area contributed by atoms with E-state index in [1.165, 1.54) is 11.8 Å². The molecule has 2 atom stereocenters. The van der Waals surface area contributed by atoms with Crippen molar-refractivity contribution in [1.29, 1.82) is 0 Å². The third-order valence-corrected chi connectivity index (χ3v) is 5.89. The van der Waals surface area contributed by atoms with Gasteiger partial charge in [-0.05, 0) is 25.3 Å². The number of carbonyl (C=O) groups is 2. The number of hydrogen-bond acceptors (Lipinski definition) is 5. The number of carbonyl (C=O) groups excluding carboxylic acids is 2. The summed E-state index contributed by atoms with van der Waals surface area (Å²) in [4.78, 5) is 37.7. The lowest BCUT2D eigenvalue weighted by atomic mass is 9.78. The number of aryl methyl sites for hydroxylation is 1. The number of anilines is 1. The van der Waals surface area contributed by atoms with E-state index in [0.717, 1.165) is 17.9 Å². The molecule has 1 saturated heterocycles. The first-order chi connectivity index (χ1) is 15.0. The number of piperidine rings is 1. The third kappa shape index (κ3) is 5.23. The lowest BCUT2D eigenvalue weighted by molar-refractivity contribution is -0.152. The predicted octanol–water partition coefficient (Wildman–Crippen LogP) is 2.78. The zero-order chi connectivity index (χ0) is 23.5. The summed E-state index contributed by atoms with van der Waals surface area (Å²) in [6.07, 6.45) is 1.30. The molecule has 32 heavy (non-hydrogen) atoms. The molecule has 0 bridgehead atoms. The van der Waals surface area contributed by atoms with Crippen LogP contribution in [-0.4, -0.2) is 59.7 Å². The summed E-state index contributed by atoms with van der Waals surface area (Å²) >= 11 is 0. The number of halogens is 1. The topological polar surface area (TPSA) is 78.4 Å². The number of nitrogens with zero attached hydrogens (tertiary/aromatic N) is 4. The average molecular weight is 442 g/mol. The van der Waals surface area contributed by atoms with Crippen molar-refractivity contribution < 1.29 is 14.0 Å². The number of rotatable bonds is 6. The van der Waals surface area contributed by atoms with Crippen LogP contribution in [0.2, 0.25) is 0 Å². The van der Waals surface area contributed by atoms with Gasteiger partial charge in [0, 0.05) is 52.0 Å². The summed E-state index contributed by atoms with van der Waals surface area (Å²) < 4.78 is 16.0. The average Bonchev–Trinajstić information content (AvgIpc) is 2.73. The van der Waals surface area contributed by atoms with Crippen LogP contribution in [0.5, 0.6) is 0 Å². The van der Waals surface area contributed by atoms with Crippen LogP contribution in [-0.2, 0) is 21.4 Å². The molecule has 1 fully saturated rings. The lowest BCUT2D eigenvalue weighted by Crippen LogP contribution is -2.60. The fourth-order valence-electron chi connectivity index (χ4n) is 4.29. The molecule has 0 spiro atoms. The van der Waals surface area contributed by atoms with Gasteiger partial charge in [0.1, 0.15) is 11.6 Å². The molecule has 3 rings (SSSR count). The summed E-state index contributed by atoms with van der Waals surface area (Å²) in [6.45, 7) is 5.85. The monoisotopic (exact) mass is 441 g/mol. The van der Waals surface area contributed by atoms with Gasteiger partial charge >= 0.3 is 0 Å². The van der Waals surface area contributed by atoms with Crippen molar-refractivity contribution in [2.75, 3.05) is 32.1 Å². The van der Waals surface area contributed by atoms with E-state index >= 15 is 4.39 Å². The number of nitrogens with one attached hydrogen (secondary N) is 1. The second-order valence-electron chi connectivity index (χ2n) is 9.09. The molecule has 1 aliphatic heterocycles. The standard InChI is InChI=1S/C24H32FN5O2/c1-17-26-20(14-21(27-17)29(4)5)23(3)12-9-13-30(16-23)22(32)24(25,28-18(2)31)15-19-10-7-6-8-11-19/h6-8,10-11,14H,9,12-13,15-16H2,1-5H3,(H,28,31)/t23-,24+/m1/s1. The van der Waals surface area contributed by atoms with Crippen molar-refractivity contribution in [3.8, 4) is 0 Å². The lowest BCUT2D eigenvalue weighted by Gasteiger charge is -2.42. The van der Waals surface area contributed by atoms with Crippen molar-refractivity contribution in [2.45, 2.75) is 51.2 Å². The highest BCUT2D eigenvalue weighted by Crippen LogP contribution is 2.35. The van der Waals surface area contributed by atoms with Crippen molar-refractivity contribution in [1.82, 2.24) is 20.2 Å². The number of likely N-dealkylation sites (tertiary alicyclic amines) is 1. The molecular formula is C24H32FN5O2. The summed E-state index contributed by atoms with van der Waals surface area (Å²) in [5.74, 6) is -2.38. The first-order valence-corrected chi connectivity index (χ1v) is 10.9. The Hall–Kier alpha value is -3.03. The smallest absolute Gasteiger partial charge is 0.281 e. The van der Waals surface area contributed by atoms with E-state index in [-0.39, 0.29) is 6.42 Å². The molecule has 0 radical (unpaired) electrons. The highest BCUT2D eigenvalue weighted by atomic mass is 19.1. The van der Waals surface area contributed by atoms with Gasteiger partial charge in [-0.3, -0.25) is 9.59 Å². The second kappa shape index (κ2) is 9.22. The molecule has 2 heterocycles. The van der Waals surface area contributed by atoms with Crippen LogP contribution in [0.3, 0.4) is 0 Å². The maximum Gasteiger partial charge on any atom is 0.281 e. The maximum absolute atomic E-state index is 16.0. The Morgan fingerprint density at radius 1 is 1.25 bits per heavy atom. The van der Waals surface area contributed by atoms with Crippen molar-refractivity contribution in [2.24, 2.45) is 0 Å². The molecular weight excluding hydrogens is 409 g/mol. The van der Waals surface area contributed by atoms with Gasteiger partial charge in [0.15, 0.2) is 0 Å².